The van der Waals surface area contributed by atoms with Crippen molar-refractivity contribution in [3.8, 4) is 6.07 Å². The minimum Gasteiger partial charge on any atom is -0.193 e. The van der Waals surface area contributed by atoms with Gasteiger partial charge < -0.3 is 0 Å². The van der Waals surface area contributed by atoms with E-state index in [0.29, 0.717) is 0 Å². The number of unbranched alkanes of at least 4 members (excludes halogenated alkanes) is 8. The maximum Gasteiger partial charge on any atom is 0.0912 e. The lowest BCUT2D eigenvalue weighted by Gasteiger charge is -1.99. The molecule has 0 fully saturated rings. The van der Waals surface area contributed by atoms with Crippen molar-refractivity contribution >= 4 is 0 Å². The van der Waals surface area contributed by atoms with Crippen LogP contribution in [-0.4, -0.2) is 0 Å². The fourth-order valence-corrected chi connectivity index (χ4v) is 1.67. The van der Waals surface area contributed by atoms with Gasteiger partial charge in [0.25, 0.3) is 0 Å². The Kier molecular flexibility index (Phi) is 13.1. The fraction of sp³-hybridized carbons (Fsp3) is 0.667. The molecule has 1 heteroatoms. The second-order valence-electron chi connectivity index (χ2n) is 4.18. The molecule has 0 saturated carbocycles. The lowest BCUT2D eigenvalue weighted by Crippen LogP contribution is -1.79. The molecular formula is C15H25N. The zero-order valence-electron chi connectivity index (χ0n) is 10.6. The van der Waals surface area contributed by atoms with Crippen LogP contribution < -0.4 is 0 Å². The van der Waals surface area contributed by atoms with Gasteiger partial charge in [-0.15, -0.1) is 0 Å². The zero-order chi connectivity index (χ0) is 11.9. The van der Waals surface area contributed by atoms with Crippen molar-refractivity contribution in [2.45, 2.75) is 64.7 Å². The van der Waals surface area contributed by atoms with E-state index in [1.807, 2.05) is 12.1 Å². The molecule has 0 aromatic heterocycles. The molecule has 0 rings (SSSR count). The highest BCUT2D eigenvalue weighted by molar-refractivity contribution is 5.11. The van der Waals surface area contributed by atoms with E-state index in [2.05, 4.69) is 13.0 Å². The van der Waals surface area contributed by atoms with E-state index in [4.69, 9.17) is 5.26 Å². The Labute approximate surface area is 101 Å². The first-order valence-electron chi connectivity index (χ1n) is 6.63. The van der Waals surface area contributed by atoms with Crippen LogP contribution in [0.25, 0.3) is 0 Å². The first-order chi connectivity index (χ1) is 7.91. The molecule has 0 aromatic carbocycles. The van der Waals surface area contributed by atoms with Crippen molar-refractivity contribution in [3.63, 3.8) is 0 Å². The Morgan fingerprint density at radius 1 is 0.875 bits per heavy atom. The third-order valence-electron chi connectivity index (χ3n) is 2.64. The highest BCUT2D eigenvalue weighted by Crippen LogP contribution is 2.09. The van der Waals surface area contributed by atoms with Gasteiger partial charge in [-0.25, -0.2) is 0 Å². The van der Waals surface area contributed by atoms with E-state index in [1.54, 1.807) is 6.08 Å². The minimum atomic E-state index is 1.14. The quantitative estimate of drug-likeness (QED) is 0.283. The predicted molar refractivity (Wildman–Crippen MR) is 71.1 cm³/mol. The zero-order valence-corrected chi connectivity index (χ0v) is 10.6. The lowest BCUT2D eigenvalue weighted by atomic mass is 10.1. The molecule has 0 aromatic rings. The SMILES string of the molecule is CCCCCCCCCCC=CC=CC#N. The van der Waals surface area contributed by atoms with E-state index in [-0.39, 0.29) is 0 Å². The normalized spacial score (nSPS) is 11.2. The molecule has 0 heterocycles. The molecule has 0 amide bonds. The summed E-state index contributed by atoms with van der Waals surface area (Å²) in [6.07, 6.45) is 19.5. The lowest BCUT2D eigenvalue weighted by molar-refractivity contribution is 0.577. The first kappa shape index (κ1) is 15.0. The summed E-state index contributed by atoms with van der Waals surface area (Å²) in [5.74, 6) is 0. The Bertz CT molecular complexity index is 220. The Morgan fingerprint density at radius 3 is 2.12 bits per heavy atom. The number of hydrogen-bond acceptors (Lipinski definition) is 1. The molecule has 0 spiro atoms. The second-order valence-corrected chi connectivity index (χ2v) is 4.18. The summed E-state index contributed by atoms with van der Waals surface area (Å²) < 4.78 is 0. The van der Waals surface area contributed by atoms with Crippen LogP contribution in [0.5, 0.6) is 0 Å². The van der Waals surface area contributed by atoms with Crippen LogP contribution in [0, 0.1) is 11.3 Å². The molecule has 0 aliphatic heterocycles. The van der Waals surface area contributed by atoms with Gasteiger partial charge in [0.2, 0.25) is 0 Å². The number of nitrogens with zero attached hydrogens (tertiary/aromatic N) is 1. The van der Waals surface area contributed by atoms with Crippen LogP contribution in [-0.2, 0) is 0 Å². The average molecular weight is 219 g/mol. The third kappa shape index (κ3) is 13.0. The van der Waals surface area contributed by atoms with Gasteiger partial charge in [0.1, 0.15) is 0 Å². The number of rotatable bonds is 10. The molecule has 16 heavy (non-hydrogen) atoms. The summed E-state index contributed by atoms with van der Waals surface area (Å²) in [6.45, 7) is 2.26. The van der Waals surface area contributed by atoms with Gasteiger partial charge in [0.05, 0.1) is 6.07 Å². The molecule has 0 saturated heterocycles. The molecule has 0 atom stereocenters. The Hall–Kier alpha value is -1.03. The molecule has 0 aliphatic rings. The van der Waals surface area contributed by atoms with E-state index < -0.39 is 0 Å². The van der Waals surface area contributed by atoms with Gasteiger partial charge in [0, 0.05) is 6.08 Å². The van der Waals surface area contributed by atoms with Crippen LogP contribution in [0.4, 0.5) is 0 Å². The molecule has 0 radical (unpaired) electrons. The van der Waals surface area contributed by atoms with Crippen molar-refractivity contribution < 1.29 is 0 Å². The Morgan fingerprint density at radius 2 is 1.50 bits per heavy atom. The summed E-state index contributed by atoms with van der Waals surface area (Å²) in [5.41, 5.74) is 0. The summed E-state index contributed by atoms with van der Waals surface area (Å²) in [6, 6.07) is 1.97. The molecule has 0 aliphatic carbocycles. The van der Waals surface area contributed by atoms with E-state index >= 15 is 0 Å². The maximum absolute atomic E-state index is 8.26. The largest absolute Gasteiger partial charge is 0.193 e. The topological polar surface area (TPSA) is 23.8 Å². The molecule has 1 nitrogen and oxygen atoms in total. The summed E-state index contributed by atoms with van der Waals surface area (Å²) in [5, 5.41) is 8.26. The molecular weight excluding hydrogens is 194 g/mol. The van der Waals surface area contributed by atoms with Crippen LogP contribution in [0.2, 0.25) is 0 Å². The minimum absolute atomic E-state index is 1.14. The standard InChI is InChI=1S/C15H25N/c1-2-3-4-5-6-7-8-9-10-11-12-13-14-15-16/h11-14H,2-10H2,1H3. The molecule has 0 bridgehead atoms. The van der Waals surface area contributed by atoms with E-state index in [1.165, 1.54) is 57.4 Å². The predicted octanol–water partition coefficient (Wildman–Crippen LogP) is 5.15. The third-order valence-corrected chi connectivity index (χ3v) is 2.64. The molecule has 90 valence electrons. The maximum atomic E-state index is 8.26. The number of allylic oxidation sites excluding steroid dienone is 4. The number of hydrogen-bond donors (Lipinski definition) is 0. The van der Waals surface area contributed by atoms with Gasteiger partial charge in [-0.2, -0.15) is 5.26 Å². The Balaban J connectivity index is 3.07. The summed E-state index contributed by atoms with van der Waals surface area (Å²) in [4.78, 5) is 0. The van der Waals surface area contributed by atoms with Crippen LogP contribution >= 0.6 is 0 Å². The highest BCUT2D eigenvalue weighted by atomic mass is 14.2. The highest BCUT2D eigenvalue weighted by Gasteiger charge is 1.89. The van der Waals surface area contributed by atoms with Crippen molar-refractivity contribution in [2.75, 3.05) is 0 Å². The monoisotopic (exact) mass is 219 g/mol. The summed E-state index contributed by atoms with van der Waals surface area (Å²) >= 11 is 0. The van der Waals surface area contributed by atoms with Crippen LogP contribution in [0.15, 0.2) is 24.3 Å². The molecule has 0 N–H and O–H groups in total. The first-order valence-corrected chi connectivity index (χ1v) is 6.63. The van der Waals surface area contributed by atoms with Crippen molar-refractivity contribution in [1.29, 1.82) is 5.26 Å². The summed E-state index contributed by atoms with van der Waals surface area (Å²) in [7, 11) is 0. The van der Waals surface area contributed by atoms with Crippen molar-refractivity contribution in [2.24, 2.45) is 0 Å². The van der Waals surface area contributed by atoms with E-state index in [9.17, 15) is 0 Å². The van der Waals surface area contributed by atoms with Crippen molar-refractivity contribution in [3.05, 3.63) is 24.3 Å². The number of nitriles is 1. The second kappa shape index (κ2) is 14.0. The smallest absolute Gasteiger partial charge is 0.0912 e. The van der Waals surface area contributed by atoms with Gasteiger partial charge >= 0.3 is 0 Å². The molecule has 0 unspecified atom stereocenters. The average Bonchev–Trinajstić information content (AvgIpc) is 2.31. The van der Waals surface area contributed by atoms with Crippen LogP contribution in [0.3, 0.4) is 0 Å². The van der Waals surface area contributed by atoms with Gasteiger partial charge in [-0.05, 0) is 12.8 Å². The fourth-order valence-electron chi connectivity index (χ4n) is 1.67. The van der Waals surface area contributed by atoms with E-state index in [0.717, 1.165) is 6.42 Å². The van der Waals surface area contributed by atoms with Gasteiger partial charge in [0.15, 0.2) is 0 Å². The van der Waals surface area contributed by atoms with Gasteiger partial charge in [-0.3, -0.25) is 0 Å². The van der Waals surface area contributed by atoms with Crippen molar-refractivity contribution in [1.82, 2.24) is 0 Å². The van der Waals surface area contributed by atoms with Crippen LogP contribution in [0.1, 0.15) is 64.7 Å². The van der Waals surface area contributed by atoms with Gasteiger partial charge in [-0.1, -0.05) is 70.1 Å².